The van der Waals surface area contributed by atoms with Gasteiger partial charge in [-0.1, -0.05) is 12.1 Å². The Hall–Kier alpha value is -3.22. The Labute approximate surface area is 163 Å². The lowest BCUT2D eigenvalue weighted by Gasteiger charge is -2.18. The van der Waals surface area contributed by atoms with E-state index in [1.165, 1.54) is 14.2 Å². The van der Waals surface area contributed by atoms with Crippen molar-refractivity contribution >= 4 is 11.9 Å². The van der Waals surface area contributed by atoms with Crippen molar-refractivity contribution in [2.75, 3.05) is 34.4 Å². The van der Waals surface area contributed by atoms with Gasteiger partial charge in [0.1, 0.15) is 5.75 Å². The van der Waals surface area contributed by atoms with E-state index in [9.17, 15) is 14.7 Å². The zero-order valence-corrected chi connectivity index (χ0v) is 16.0. The van der Waals surface area contributed by atoms with E-state index in [0.717, 1.165) is 5.56 Å². The number of amides is 1. The minimum Gasteiger partial charge on any atom is -0.497 e. The summed E-state index contributed by atoms with van der Waals surface area (Å²) in [4.78, 5) is 26.4. The van der Waals surface area contributed by atoms with Crippen LogP contribution in [0, 0.1) is 5.92 Å². The minimum atomic E-state index is -0.913. The van der Waals surface area contributed by atoms with Crippen molar-refractivity contribution in [2.24, 2.45) is 5.92 Å². The van der Waals surface area contributed by atoms with Crippen LogP contribution in [0.5, 0.6) is 17.2 Å². The molecule has 1 heterocycles. The van der Waals surface area contributed by atoms with Gasteiger partial charge in [0.2, 0.25) is 0 Å². The fourth-order valence-electron chi connectivity index (χ4n) is 3.56. The van der Waals surface area contributed by atoms with Crippen LogP contribution >= 0.6 is 0 Å². The molecule has 1 saturated heterocycles. The van der Waals surface area contributed by atoms with Crippen LogP contribution in [0.3, 0.4) is 0 Å². The van der Waals surface area contributed by atoms with Crippen LogP contribution in [-0.4, -0.2) is 56.3 Å². The molecule has 1 N–H and O–H groups in total. The van der Waals surface area contributed by atoms with Gasteiger partial charge < -0.3 is 24.2 Å². The number of carbonyl (C=O) groups is 2. The second-order valence-electron chi connectivity index (χ2n) is 6.60. The van der Waals surface area contributed by atoms with Crippen LogP contribution in [0.15, 0.2) is 42.5 Å². The van der Waals surface area contributed by atoms with E-state index in [-0.39, 0.29) is 18.4 Å². The maximum Gasteiger partial charge on any atom is 0.308 e. The second-order valence-corrected chi connectivity index (χ2v) is 6.60. The first-order chi connectivity index (χ1) is 13.5. The second kappa shape index (κ2) is 8.21. The molecule has 0 spiro atoms. The molecule has 7 heteroatoms. The molecule has 0 aliphatic carbocycles. The van der Waals surface area contributed by atoms with Crippen molar-refractivity contribution in [1.82, 2.24) is 4.90 Å². The number of ether oxygens (including phenoxy) is 3. The van der Waals surface area contributed by atoms with Crippen molar-refractivity contribution in [3.63, 3.8) is 0 Å². The summed E-state index contributed by atoms with van der Waals surface area (Å²) in [6.45, 7) is 0.482. The minimum absolute atomic E-state index is 0.152. The highest BCUT2D eigenvalue weighted by Gasteiger charge is 2.40. The zero-order valence-electron chi connectivity index (χ0n) is 16.0. The van der Waals surface area contributed by atoms with Crippen LogP contribution in [0.1, 0.15) is 21.8 Å². The van der Waals surface area contributed by atoms with Gasteiger partial charge in [0.05, 0.1) is 27.2 Å². The van der Waals surface area contributed by atoms with Crippen molar-refractivity contribution in [1.29, 1.82) is 0 Å². The molecular weight excluding hydrogens is 362 g/mol. The quantitative estimate of drug-likeness (QED) is 0.823. The summed E-state index contributed by atoms with van der Waals surface area (Å²) in [6, 6.07) is 12.2. The Bertz CT molecular complexity index is 864. The van der Waals surface area contributed by atoms with Gasteiger partial charge in [-0.15, -0.1) is 0 Å². The number of carboxylic acid groups (broad SMARTS) is 1. The SMILES string of the molecule is COc1ccc([C@@H]2CN(C(=O)c3ccc(OC)c(OC)c3)C[C@H]2C(=O)O)cc1. The van der Waals surface area contributed by atoms with Crippen LogP contribution in [0.2, 0.25) is 0 Å². The molecule has 28 heavy (non-hydrogen) atoms. The molecule has 1 fully saturated rings. The molecule has 148 valence electrons. The maximum atomic E-state index is 13.0. The van der Waals surface area contributed by atoms with E-state index in [1.54, 1.807) is 42.3 Å². The maximum absolute atomic E-state index is 13.0. The number of hydrogen-bond acceptors (Lipinski definition) is 5. The van der Waals surface area contributed by atoms with Gasteiger partial charge in [-0.3, -0.25) is 9.59 Å². The highest BCUT2D eigenvalue weighted by Crippen LogP contribution is 2.35. The number of carboxylic acids is 1. The van der Waals surface area contributed by atoms with Crippen LogP contribution < -0.4 is 14.2 Å². The molecule has 0 aromatic heterocycles. The third-order valence-electron chi connectivity index (χ3n) is 5.10. The number of rotatable bonds is 6. The summed E-state index contributed by atoms with van der Waals surface area (Å²) in [5.74, 6) is -0.419. The largest absolute Gasteiger partial charge is 0.497 e. The molecule has 0 unspecified atom stereocenters. The Morgan fingerprint density at radius 1 is 0.929 bits per heavy atom. The number of benzene rings is 2. The molecule has 7 nitrogen and oxygen atoms in total. The lowest BCUT2D eigenvalue weighted by molar-refractivity contribution is -0.141. The fourth-order valence-corrected chi connectivity index (χ4v) is 3.56. The van der Waals surface area contributed by atoms with Gasteiger partial charge in [0.25, 0.3) is 5.91 Å². The first kappa shape index (κ1) is 19.5. The average molecular weight is 385 g/mol. The number of hydrogen-bond donors (Lipinski definition) is 1. The number of aliphatic carboxylic acids is 1. The van der Waals surface area contributed by atoms with E-state index in [0.29, 0.717) is 29.4 Å². The van der Waals surface area contributed by atoms with Crippen molar-refractivity contribution < 1.29 is 28.9 Å². The first-order valence-electron chi connectivity index (χ1n) is 8.86. The van der Waals surface area contributed by atoms with Crippen molar-refractivity contribution in [3.8, 4) is 17.2 Å². The van der Waals surface area contributed by atoms with E-state index < -0.39 is 11.9 Å². The highest BCUT2D eigenvalue weighted by molar-refractivity contribution is 5.95. The van der Waals surface area contributed by atoms with Gasteiger partial charge >= 0.3 is 5.97 Å². The van der Waals surface area contributed by atoms with Crippen molar-refractivity contribution in [2.45, 2.75) is 5.92 Å². The molecule has 0 bridgehead atoms. The standard InChI is InChI=1S/C21H23NO6/c1-26-15-7-4-13(5-8-15)16-11-22(12-17(16)21(24)25)20(23)14-6-9-18(27-2)19(10-14)28-3/h4-10,16-17H,11-12H2,1-3H3,(H,24,25)/t16-,17+/m0/s1. The lowest BCUT2D eigenvalue weighted by Crippen LogP contribution is -2.29. The van der Waals surface area contributed by atoms with Gasteiger partial charge in [0.15, 0.2) is 11.5 Å². The van der Waals surface area contributed by atoms with E-state index in [1.807, 2.05) is 12.1 Å². The Kier molecular flexibility index (Phi) is 5.73. The van der Waals surface area contributed by atoms with Gasteiger partial charge in [-0.05, 0) is 35.9 Å². The normalized spacial score (nSPS) is 18.6. The number of methoxy groups -OCH3 is 3. The zero-order chi connectivity index (χ0) is 20.3. The third kappa shape index (κ3) is 3.74. The first-order valence-corrected chi connectivity index (χ1v) is 8.86. The molecule has 2 atom stereocenters. The Morgan fingerprint density at radius 3 is 2.18 bits per heavy atom. The van der Waals surface area contributed by atoms with Crippen LogP contribution in [0.25, 0.3) is 0 Å². The van der Waals surface area contributed by atoms with Gasteiger partial charge in [-0.2, -0.15) is 0 Å². The Morgan fingerprint density at radius 2 is 1.61 bits per heavy atom. The molecular formula is C21H23NO6. The summed E-state index contributed by atoms with van der Waals surface area (Å²) in [5, 5.41) is 9.67. The van der Waals surface area contributed by atoms with Crippen LogP contribution in [0.4, 0.5) is 0 Å². The monoisotopic (exact) mass is 385 g/mol. The molecule has 2 aromatic carbocycles. The van der Waals surface area contributed by atoms with E-state index >= 15 is 0 Å². The molecule has 3 rings (SSSR count). The smallest absolute Gasteiger partial charge is 0.308 e. The number of carbonyl (C=O) groups excluding carboxylic acids is 1. The van der Waals surface area contributed by atoms with Gasteiger partial charge in [0, 0.05) is 24.6 Å². The summed E-state index contributed by atoms with van der Waals surface area (Å²) < 4.78 is 15.6. The average Bonchev–Trinajstić information content (AvgIpc) is 3.18. The number of likely N-dealkylation sites (tertiary alicyclic amines) is 1. The number of nitrogens with zero attached hydrogens (tertiary/aromatic N) is 1. The fraction of sp³-hybridized carbons (Fsp3) is 0.333. The van der Waals surface area contributed by atoms with Crippen molar-refractivity contribution in [3.05, 3.63) is 53.6 Å². The topological polar surface area (TPSA) is 85.3 Å². The molecule has 0 saturated carbocycles. The Balaban J connectivity index is 1.85. The predicted molar refractivity (Wildman–Crippen MR) is 102 cm³/mol. The molecule has 1 aliphatic heterocycles. The molecule has 2 aromatic rings. The predicted octanol–water partition coefficient (Wildman–Crippen LogP) is 2.65. The summed E-state index contributed by atoms with van der Waals surface area (Å²) in [6.07, 6.45) is 0. The lowest BCUT2D eigenvalue weighted by atomic mass is 9.89. The summed E-state index contributed by atoms with van der Waals surface area (Å²) in [7, 11) is 4.60. The van der Waals surface area contributed by atoms with Gasteiger partial charge in [-0.25, -0.2) is 0 Å². The highest BCUT2D eigenvalue weighted by atomic mass is 16.5. The summed E-state index contributed by atoms with van der Waals surface area (Å²) in [5.41, 5.74) is 1.30. The molecule has 0 radical (unpaired) electrons. The third-order valence-corrected chi connectivity index (χ3v) is 5.10. The van der Waals surface area contributed by atoms with E-state index in [4.69, 9.17) is 14.2 Å². The van der Waals surface area contributed by atoms with E-state index in [2.05, 4.69) is 0 Å². The van der Waals surface area contributed by atoms with Crippen LogP contribution in [-0.2, 0) is 4.79 Å². The molecule has 1 aliphatic rings. The molecule has 1 amide bonds. The summed E-state index contributed by atoms with van der Waals surface area (Å²) >= 11 is 0.